The third-order valence-corrected chi connectivity index (χ3v) is 2.61. The third kappa shape index (κ3) is 2.56. The van der Waals surface area contributed by atoms with E-state index in [2.05, 4.69) is 9.73 Å². The van der Waals surface area contributed by atoms with Crippen molar-refractivity contribution in [3.05, 3.63) is 29.8 Å². The minimum absolute atomic E-state index is 0.201. The van der Waals surface area contributed by atoms with Crippen molar-refractivity contribution in [2.45, 2.75) is 6.92 Å². The summed E-state index contributed by atoms with van der Waals surface area (Å²) >= 11 is 0. The Hall–Kier alpha value is -2.17. The number of benzene rings is 1. The van der Waals surface area contributed by atoms with Crippen molar-refractivity contribution < 1.29 is 14.3 Å². The number of esters is 1. The molecule has 0 spiro atoms. The molecule has 0 radical (unpaired) electrons. The predicted octanol–water partition coefficient (Wildman–Crippen LogP) is 1.28. The SMILES string of the molecule is CCOC(=O)C(=O)c1ccc(N2C=NCC2)cc1. The smallest absolute Gasteiger partial charge is 0.379 e. The molecule has 0 bridgehead atoms. The van der Waals surface area contributed by atoms with Gasteiger partial charge in [-0.1, -0.05) is 0 Å². The van der Waals surface area contributed by atoms with Gasteiger partial charge in [0, 0.05) is 17.8 Å². The number of anilines is 1. The Kier molecular flexibility index (Phi) is 3.72. The molecule has 1 aliphatic rings. The normalized spacial score (nSPS) is 13.7. The van der Waals surface area contributed by atoms with Crippen molar-refractivity contribution in [3.8, 4) is 0 Å². The first-order valence-electron chi connectivity index (χ1n) is 5.80. The largest absolute Gasteiger partial charge is 0.460 e. The number of nitrogens with zero attached hydrogens (tertiary/aromatic N) is 2. The van der Waals surface area contributed by atoms with Crippen LogP contribution < -0.4 is 4.90 Å². The first-order chi connectivity index (χ1) is 8.72. The van der Waals surface area contributed by atoms with Crippen LogP contribution in [0.2, 0.25) is 0 Å². The number of hydrogen-bond donors (Lipinski definition) is 0. The van der Waals surface area contributed by atoms with E-state index in [1.165, 1.54) is 0 Å². The van der Waals surface area contributed by atoms with Crippen molar-refractivity contribution >= 4 is 23.8 Å². The van der Waals surface area contributed by atoms with Gasteiger partial charge in [0.2, 0.25) is 0 Å². The van der Waals surface area contributed by atoms with Crippen LogP contribution in [0.5, 0.6) is 0 Å². The van der Waals surface area contributed by atoms with Crippen LogP contribution in [0.1, 0.15) is 17.3 Å². The standard InChI is InChI=1S/C13H14N2O3/c1-2-18-13(17)12(16)10-3-5-11(6-4-10)15-8-7-14-9-15/h3-6,9H,2,7-8H2,1H3. The van der Waals surface area contributed by atoms with Gasteiger partial charge in [0.15, 0.2) is 0 Å². The number of carbonyl (C=O) groups excluding carboxylic acids is 2. The Balaban J connectivity index is 2.09. The van der Waals surface area contributed by atoms with E-state index in [-0.39, 0.29) is 6.61 Å². The molecular weight excluding hydrogens is 232 g/mol. The van der Waals surface area contributed by atoms with Gasteiger partial charge in [-0.25, -0.2) is 4.79 Å². The molecule has 1 aromatic rings. The second-order valence-corrected chi connectivity index (χ2v) is 3.81. The van der Waals surface area contributed by atoms with E-state index in [1.54, 1.807) is 37.5 Å². The van der Waals surface area contributed by atoms with Gasteiger partial charge in [0.05, 0.1) is 19.5 Å². The number of aliphatic imine (C=N–C) groups is 1. The van der Waals surface area contributed by atoms with Crippen LogP contribution in [-0.4, -0.2) is 37.8 Å². The Morgan fingerprint density at radius 3 is 2.61 bits per heavy atom. The van der Waals surface area contributed by atoms with Crippen LogP contribution in [-0.2, 0) is 9.53 Å². The fraction of sp³-hybridized carbons (Fsp3) is 0.308. The molecule has 0 N–H and O–H groups in total. The molecule has 1 aromatic carbocycles. The molecular formula is C13H14N2O3. The molecule has 0 aromatic heterocycles. The molecule has 18 heavy (non-hydrogen) atoms. The van der Waals surface area contributed by atoms with Gasteiger partial charge in [-0.3, -0.25) is 9.79 Å². The number of hydrogen-bond acceptors (Lipinski definition) is 5. The van der Waals surface area contributed by atoms with Gasteiger partial charge < -0.3 is 9.64 Å². The van der Waals surface area contributed by atoms with Crippen LogP contribution in [0, 0.1) is 0 Å². The fourth-order valence-electron chi connectivity index (χ4n) is 1.69. The summed E-state index contributed by atoms with van der Waals surface area (Å²) < 4.78 is 4.67. The number of Topliss-reactive ketones (excluding diaryl/α,β-unsaturated/α-hetero) is 1. The van der Waals surface area contributed by atoms with Crippen molar-refractivity contribution in [3.63, 3.8) is 0 Å². The van der Waals surface area contributed by atoms with E-state index in [4.69, 9.17) is 0 Å². The van der Waals surface area contributed by atoms with E-state index in [0.717, 1.165) is 18.8 Å². The Labute approximate surface area is 105 Å². The fourth-order valence-corrected chi connectivity index (χ4v) is 1.69. The number of ketones is 1. The van der Waals surface area contributed by atoms with Crippen LogP contribution in [0.15, 0.2) is 29.3 Å². The van der Waals surface area contributed by atoms with E-state index < -0.39 is 11.8 Å². The molecule has 0 fully saturated rings. The van der Waals surface area contributed by atoms with E-state index in [0.29, 0.717) is 5.56 Å². The highest BCUT2D eigenvalue weighted by Gasteiger charge is 2.17. The Morgan fingerprint density at radius 1 is 1.33 bits per heavy atom. The molecule has 0 amide bonds. The average Bonchev–Trinajstić information content (AvgIpc) is 2.92. The molecule has 0 saturated heterocycles. The minimum Gasteiger partial charge on any atom is -0.460 e. The lowest BCUT2D eigenvalue weighted by Gasteiger charge is -2.13. The Morgan fingerprint density at radius 2 is 2.06 bits per heavy atom. The summed E-state index contributed by atoms with van der Waals surface area (Å²) in [6.07, 6.45) is 1.77. The molecule has 0 saturated carbocycles. The molecule has 1 heterocycles. The highest BCUT2D eigenvalue weighted by atomic mass is 16.5. The molecule has 5 nitrogen and oxygen atoms in total. The number of carbonyl (C=O) groups is 2. The first-order valence-corrected chi connectivity index (χ1v) is 5.80. The molecule has 0 atom stereocenters. The average molecular weight is 246 g/mol. The summed E-state index contributed by atoms with van der Waals surface area (Å²) in [4.78, 5) is 29.0. The van der Waals surface area contributed by atoms with Crippen LogP contribution in [0.3, 0.4) is 0 Å². The lowest BCUT2D eigenvalue weighted by atomic mass is 10.1. The monoisotopic (exact) mass is 246 g/mol. The quantitative estimate of drug-likeness (QED) is 0.456. The highest BCUT2D eigenvalue weighted by molar-refractivity contribution is 6.40. The minimum atomic E-state index is -0.812. The molecule has 5 heteroatoms. The van der Waals surface area contributed by atoms with Gasteiger partial charge in [0.1, 0.15) is 0 Å². The maximum Gasteiger partial charge on any atom is 0.379 e. The summed E-state index contributed by atoms with van der Waals surface area (Å²) in [5.74, 6) is -1.42. The second kappa shape index (κ2) is 5.44. The number of rotatable bonds is 4. The zero-order valence-electron chi connectivity index (χ0n) is 10.1. The van der Waals surface area contributed by atoms with Crippen molar-refractivity contribution in [2.75, 3.05) is 24.6 Å². The zero-order valence-corrected chi connectivity index (χ0v) is 10.1. The molecule has 0 aliphatic carbocycles. The van der Waals surface area contributed by atoms with Crippen LogP contribution in [0.4, 0.5) is 5.69 Å². The van der Waals surface area contributed by atoms with Crippen molar-refractivity contribution in [2.24, 2.45) is 4.99 Å². The van der Waals surface area contributed by atoms with Crippen molar-refractivity contribution in [1.82, 2.24) is 0 Å². The Bertz CT molecular complexity index is 480. The van der Waals surface area contributed by atoms with Gasteiger partial charge in [-0.2, -0.15) is 0 Å². The maximum absolute atomic E-state index is 11.7. The number of ether oxygens (including phenoxy) is 1. The summed E-state index contributed by atoms with van der Waals surface area (Å²) in [6, 6.07) is 6.84. The predicted molar refractivity (Wildman–Crippen MR) is 68.1 cm³/mol. The summed E-state index contributed by atoms with van der Waals surface area (Å²) in [5, 5.41) is 0. The van der Waals surface area contributed by atoms with Crippen LogP contribution in [0.25, 0.3) is 0 Å². The maximum atomic E-state index is 11.7. The van der Waals surface area contributed by atoms with Gasteiger partial charge >= 0.3 is 5.97 Å². The zero-order chi connectivity index (χ0) is 13.0. The molecule has 2 rings (SSSR count). The van der Waals surface area contributed by atoms with Gasteiger partial charge in [-0.15, -0.1) is 0 Å². The van der Waals surface area contributed by atoms with Gasteiger partial charge in [0.25, 0.3) is 5.78 Å². The molecule has 1 aliphatic heterocycles. The summed E-state index contributed by atoms with van der Waals surface area (Å²) in [7, 11) is 0. The lowest BCUT2D eigenvalue weighted by molar-refractivity contribution is -0.137. The first kappa shape index (κ1) is 12.3. The second-order valence-electron chi connectivity index (χ2n) is 3.81. The molecule has 0 unspecified atom stereocenters. The van der Waals surface area contributed by atoms with Crippen molar-refractivity contribution in [1.29, 1.82) is 0 Å². The van der Waals surface area contributed by atoms with E-state index in [1.807, 2.05) is 4.90 Å². The van der Waals surface area contributed by atoms with Gasteiger partial charge in [-0.05, 0) is 31.2 Å². The third-order valence-electron chi connectivity index (χ3n) is 2.61. The topological polar surface area (TPSA) is 59.0 Å². The molecule has 94 valence electrons. The van der Waals surface area contributed by atoms with Crippen LogP contribution >= 0.6 is 0 Å². The summed E-state index contributed by atoms with van der Waals surface area (Å²) in [5.41, 5.74) is 1.30. The summed E-state index contributed by atoms with van der Waals surface area (Å²) in [6.45, 7) is 3.49. The lowest BCUT2D eigenvalue weighted by Crippen LogP contribution is -2.19. The van der Waals surface area contributed by atoms with E-state index >= 15 is 0 Å². The van der Waals surface area contributed by atoms with E-state index in [9.17, 15) is 9.59 Å². The highest BCUT2D eigenvalue weighted by Crippen LogP contribution is 2.16.